The number of rotatable bonds is 2. The molecule has 0 aliphatic heterocycles. The van der Waals surface area contributed by atoms with Gasteiger partial charge in [-0.2, -0.15) is 0 Å². The van der Waals surface area contributed by atoms with Crippen molar-refractivity contribution in [3.05, 3.63) is 42.0 Å². The average Bonchev–Trinajstić information content (AvgIpc) is 2.33. The van der Waals surface area contributed by atoms with Gasteiger partial charge in [-0.05, 0) is 30.2 Å². The van der Waals surface area contributed by atoms with Gasteiger partial charge in [0.25, 0.3) is 0 Å². The van der Waals surface area contributed by atoms with Crippen molar-refractivity contribution in [2.24, 2.45) is 0 Å². The number of hydrogen-bond donors (Lipinski definition) is 0. The van der Waals surface area contributed by atoms with E-state index in [4.69, 9.17) is 4.74 Å². The van der Waals surface area contributed by atoms with Crippen molar-refractivity contribution in [1.82, 2.24) is 0 Å². The van der Waals surface area contributed by atoms with Gasteiger partial charge in [0.05, 0.1) is 0 Å². The number of benzene rings is 1. The van der Waals surface area contributed by atoms with E-state index in [2.05, 4.69) is 6.92 Å². The van der Waals surface area contributed by atoms with Crippen molar-refractivity contribution in [3.8, 4) is 5.75 Å². The molecule has 0 amide bonds. The summed E-state index contributed by atoms with van der Waals surface area (Å²) in [4.78, 5) is 22.2. The second kappa shape index (κ2) is 4.77. The first-order valence-electron chi connectivity index (χ1n) is 6.01. The van der Waals surface area contributed by atoms with Crippen LogP contribution in [0.25, 0.3) is 0 Å². The van der Waals surface area contributed by atoms with Crippen LogP contribution in [0.3, 0.4) is 0 Å². The van der Waals surface area contributed by atoms with Crippen LogP contribution in [-0.2, 0) is 15.0 Å². The summed E-state index contributed by atoms with van der Waals surface area (Å²) >= 11 is 0. The van der Waals surface area contributed by atoms with Crippen molar-refractivity contribution in [2.75, 3.05) is 0 Å². The molecule has 94 valence electrons. The van der Waals surface area contributed by atoms with Crippen LogP contribution in [0.4, 0.5) is 0 Å². The Bertz CT molecular complexity index is 516. The minimum Gasteiger partial charge on any atom is -0.427 e. The van der Waals surface area contributed by atoms with E-state index in [0.717, 1.165) is 12.0 Å². The fourth-order valence-corrected chi connectivity index (χ4v) is 2.15. The molecule has 18 heavy (non-hydrogen) atoms. The van der Waals surface area contributed by atoms with Crippen molar-refractivity contribution < 1.29 is 14.3 Å². The Labute approximate surface area is 106 Å². The maximum atomic E-state index is 11.2. The first-order chi connectivity index (χ1) is 8.49. The van der Waals surface area contributed by atoms with Crippen LogP contribution in [0.1, 0.15) is 32.3 Å². The Morgan fingerprint density at radius 1 is 1.39 bits per heavy atom. The summed E-state index contributed by atoms with van der Waals surface area (Å²) in [6.45, 7) is 3.47. The second-order valence-corrected chi connectivity index (χ2v) is 4.84. The van der Waals surface area contributed by atoms with E-state index in [0.29, 0.717) is 12.2 Å². The quantitative estimate of drug-likeness (QED) is 0.593. The monoisotopic (exact) mass is 244 g/mol. The lowest BCUT2D eigenvalue weighted by atomic mass is 9.75. The lowest BCUT2D eigenvalue weighted by molar-refractivity contribution is -0.131. The van der Waals surface area contributed by atoms with Gasteiger partial charge in [-0.3, -0.25) is 9.59 Å². The number of ketones is 1. The van der Waals surface area contributed by atoms with Gasteiger partial charge >= 0.3 is 5.97 Å². The number of esters is 1. The summed E-state index contributed by atoms with van der Waals surface area (Å²) in [5.74, 6) is 0.391. The van der Waals surface area contributed by atoms with Gasteiger partial charge < -0.3 is 4.74 Å². The molecule has 1 atom stereocenters. The van der Waals surface area contributed by atoms with Gasteiger partial charge in [-0.25, -0.2) is 0 Å². The summed E-state index contributed by atoms with van der Waals surface area (Å²) in [5, 5.41) is 0. The number of ether oxygens (including phenoxy) is 1. The standard InChI is InChI=1S/C15H16O3/c1-11(16)18-14-5-3-4-12(10-14)15(2)8-6-13(17)7-9-15/h3-6,8,10H,7,9H2,1-2H3. The number of carbonyl (C=O) groups is 2. The lowest BCUT2D eigenvalue weighted by Gasteiger charge is -2.29. The van der Waals surface area contributed by atoms with Gasteiger partial charge in [0.2, 0.25) is 0 Å². The topological polar surface area (TPSA) is 43.4 Å². The molecule has 3 heteroatoms. The molecule has 1 aromatic rings. The van der Waals surface area contributed by atoms with Crippen LogP contribution in [-0.4, -0.2) is 11.8 Å². The normalized spacial score (nSPS) is 22.9. The number of carbonyl (C=O) groups excluding carboxylic acids is 2. The van der Waals surface area contributed by atoms with E-state index >= 15 is 0 Å². The lowest BCUT2D eigenvalue weighted by Crippen LogP contribution is -2.24. The van der Waals surface area contributed by atoms with Crippen LogP contribution in [0, 0.1) is 0 Å². The summed E-state index contributed by atoms with van der Waals surface area (Å²) in [6, 6.07) is 7.48. The summed E-state index contributed by atoms with van der Waals surface area (Å²) < 4.78 is 5.08. The molecule has 0 N–H and O–H groups in total. The minimum atomic E-state index is -0.327. The average molecular weight is 244 g/mol. The molecule has 0 aromatic heterocycles. The maximum Gasteiger partial charge on any atom is 0.308 e. The molecule has 0 heterocycles. The Kier molecular flexibility index (Phi) is 3.32. The predicted molar refractivity (Wildman–Crippen MR) is 68.5 cm³/mol. The van der Waals surface area contributed by atoms with E-state index in [1.54, 1.807) is 12.1 Å². The van der Waals surface area contributed by atoms with Crippen LogP contribution in [0.2, 0.25) is 0 Å². The zero-order valence-corrected chi connectivity index (χ0v) is 10.6. The molecule has 1 aliphatic carbocycles. The largest absolute Gasteiger partial charge is 0.427 e. The molecule has 1 aromatic carbocycles. The fourth-order valence-electron chi connectivity index (χ4n) is 2.15. The smallest absolute Gasteiger partial charge is 0.308 e. The van der Waals surface area contributed by atoms with Crippen LogP contribution < -0.4 is 4.74 Å². The molecule has 0 bridgehead atoms. The molecule has 1 aliphatic rings. The van der Waals surface area contributed by atoms with E-state index in [-0.39, 0.29) is 17.2 Å². The Hall–Kier alpha value is -1.90. The second-order valence-electron chi connectivity index (χ2n) is 4.84. The SMILES string of the molecule is CC(=O)Oc1cccc(C2(C)C=CC(=O)CC2)c1. The summed E-state index contributed by atoms with van der Waals surface area (Å²) in [5.41, 5.74) is 0.898. The highest BCUT2D eigenvalue weighted by Crippen LogP contribution is 2.35. The van der Waals surface area contributed by atoms with E-state index < -0.39 is 0 Å². The molecule has 0 radical (unpaired) electrons. The molecule has 0 spiro atoms. The Balaban J connectivity index is 2.30. The van der Waals surface area contributed by atoms with Crippen molar-refractivity contribution in [3.63, 3.8) is 0 Å². The van der Waals surface area contributed by atoms with Crippen LogP contribution in [0.5, 0.6) is 5.75 Å². The summed E-state index contributed by atoms with van der Waals surface area (Å²) in [7, 11) is 0. The fraction of sp³-hybridized carbons (Fsp3) is 0.333. The number of hydrogen-bond acceptors (Lipinski definition) is 3. The first kappa shape index (κ1) is 12.6. The van der Waals surface area contributed by atoms with Gasteiger partial charge in [-0.1, -0.05) is 25.1 Å². The van der Waals surface area contributed by atoms with Crippen LogP contribution >= 0.6 is 0 Å². The highest BCUT2D eigenvalue weighted by molar-refractivity contribution is 5.91. The Morgan fingerprint density at radius 3 is 2.78 bits per heavy atom. The highest BCUT2D eigenvalue weighted by Gasteiger charge is 2.27. The third-order valence-corrected chi connectivity index (χ3v) is 3.28. The molecule has 3 nitrogen and oxygen atoms in total. The molecular formula is C15H16O3. The molecule has 0 saturated heterocycles. The van der Waals surface area contributed by atoms with Gasteiger partial charge in [0.15, 0.2) is 5.78 Å². The third-order valence-electron chi connectivity index (χ3n) is 3.28. The zero-order chi connectivity index (χ0) is 13.2. The zero-order valence-electron chi connectivity index (χ0n) is 10.6. The Morgan fingerprint density at radius 2 is 2.17 bits per heavy atom. The predicted octanol–water partition coefficient (Wildman–Crippen LogP) is 2.79. The van der Waals surface area contributed by atoms with Crippen molar-refractivity contribution >= 4 is 11.8 Å². The minimum absolute atomic E-state index is 0.163. The molecule has 2 rings (SSSR count). The van der Waals surface area contributed by atoms with Crippen LogP contribution in [0.15, 0.2) is 36.4 Å². The highest BCUT2D eigenvalue weighted by atomic mass is 16.5. The molecular weight excluding hydrogens is 228 g/mol. The first-order valence-corrected chi connectivity index (χ1v) is 6.01. The number of allylic oxidation sites excluding steroid dienone is 2. The van der Waals surface area contributed by atoms with Crippen molar-refractivity contribution in [2.45, 2.75) is 32.1 Å². The molecule has 1 unspecified atom stereocenters. The van der Waals surface area contributed by atoms with E-state index in [9.17, 15) is 9.59 Å². The van der Waals surface area contributed by atoms with Gasteiger partial charge in [-0.15, -0.1) is 0 Å². The summed E-state index contributed by atoms with van der Waals surface area (Å²) in [6.07, 6.45) is 4.92. The molecule has 0 fully saturated rings. The maximum absolute atomic E-state index is 11.2. The third kappa shape index (κ3) is 2.67. The van der Waals surface area contributed by atoms with Crippen molar-refractivity contribution in [1.29, 1.82) is 0 Å². The van der Waals surface area contributed by atoms with Gasteiger partial charge in [0.1, 0.15) is 5.75 Å². The molecule has 0 saturated carbocycles. The van der Waals surface area contributed by atoms with E-state index in [1.807, 2.05) is 24.3 Å². The van der Waals surface area contributed by atoms with E-state index in [1.165, 1.54) is 6.92 Å². The van der Waals surface area contributed by atoms with Gasteiger partial charge in [0, 0.05) is 18.8 Å².